The van der Waals surface area contributed by atoms with Gasteiger partial charge in [-0.05, 0) is 75.4 Å². The highest BCUT2D eigenvalue weighted by molar-refractivity contribution is 5.89. The van der Waals surface area contributed by atoms with E-state index >= 15 is 0 Å². The molecular formula is C28H32N2O2. The van der Waals surface area contributed by atoms with Crippen molar-refractivity contribution >= 4 is 16.9 Å². The average Bonchev–Trinajstić information content (AvgIpc) is 3.18. The molecule has 1 aromatic heterocycles. The van der Waals surface area contributed by atoms with Crippen LogP contribution in [-0.2, 0) is 11.2 Å². The van der Waals surface area contributed by atoms with Gasteiger partial charge in [-0.1, -0.05) is 47.6 Å². The zero-order chi connectivity index (χ0) is 22.5. The van der Waals surface area contributed by atoms with E-state index in [1.807, 2.05) is 30.3 Å². The third kappa shape index (κ3) is 5.03. The summed E-state index contributed by atoms with van der Waals surface area (Å²) < 4.78 is 5.46. The number of allylic oxidation sites excluding steroid dienone is 3. The molecule has 0 radical (unpaired) electrons. The maximum Gasteiger partial charge on any atom is 0.338 e. The van der Waals surface area contributed by atoms with Crippen LogP contribution in [0.15, 0.2) is 71.8 Å². The molecule has 2 aromatic carbocycles. The summed E-state index contributed by atoms with van der Waals surface area (Å²) in [6.45, 7) is 7.54. The Labute approximate surface area is 190 Å². The number of hydrogen-bond donors (Lipinski definition) is 2. The highest BCUT2D eigenvalue weighted by atomic mass is 16.5. The van der Waals surface area contributed by atoms with E-state index in [9.17, 15) is 4.79 Å². The van der Waals surface area contributed by atoms with Gasteiger partial charge in [0.15, 0.2) is 0 Å². The quantitative estimate of drug-likeness (QED) is 0.345. The van der Waals surface area contributed by atoms with Crippen LogP contribution in [0.4, 0.5) is 0 Å². The van der Waals surface area contributed by atoms with Crippen molar-refractivity contribution in [2.45, 2.75) is 46.1 Å². The number of esters is 1. The number of ether oxygens (including phenoxy) is 1. The molecule has 1 unspecified atom stereocenters. The fourth-order valence-electron chi connectivity index (χ4n) is 4.31. The molecule has 166 valence electrons. The number of hydrogen-bond acceptors (Lipinski definition) is 3. The van der Waals surface area contributed by atoms with Gasteiger partial charge in [-0.25, -0.2) is 4.79 Å². The normalized spacial score (nSPS) is 16.0. The molecule has 0 bridgehead atoms. The summed E-state index contributed by atoms with van der Waals surface area (Å²) in [5.41, 5.74) is 8.08. The fraction of sp³-hybridized carbons (Fsp3) is 0.321. The second-order valence-corrected chi connectivity index (χ2v) is 8.79. The zero-order valence-corrected chi connectivity index (χ0v) is 19.2. The lowest BCUT2D eigenvalue weighted by Gasteiger charge is -2.25. The molecule has 4 nitrogen and oxygen atoms in total. The molecule has 32 heavy (non-hydrogen) atoms. The Balaban J connectivity index is 1.40. The van der Waals surface area contributed by atoms with Crippen LogP contribution in [0.3, 0.4) is 0 Å². The van der Waals surface area contributed by atoms with Crippen molar-refractivity contribution in [3.8, 4) is 0 Å². The van der Waals surface area contributed by atoms with Crippen molar-refractivity contribution in [2.75, 3.05) is 13.2 Å². The van der Waals surface area contributed by atoms with E-state index in [-0.39, 0.29) is 12.0 Å². The van der Waals surface area contributed by atoms with Crippen LogP contribution in [0.5, 0.6) is 0 Å². The van der Waals surface area contributed by atoms with E-state index in [0.717, 1.165) is 31.4 Å². The summed E-state index contributed by atoms with van der Waals surface area (Å²) in [6, 6.07) is 16.3. The van der Waals surface area contributed by atoms with Crippen LogP contribution in [0.25, 0.3) is 10.9 Å². The zero-order valence-electron chi connectivity index (χ0n) is 19.2. The topological polar surface area (TPSA) is 54.1 Å². The number of nitrogens with one attached hydrogen (secondary N) is 2. The Kier molecular flexibility index (Phi) is 6.91. The summed E-state index contributed by atoms with van der Waals surface area (Å²) in [4.78, 5) is 16.0. The lowest BCUT2D eigenvalue weighted by atomic mass is 9.94. The van der Waals surface area contributed by atoms with E-state index in [1.165, 1.54) is 33.3 Å². The first-order valence-electron chi connectivity index (χ1n) is 11.4. The number of benzene rings is 2. The van der Waals surface area contributed by atoms with Crippen molar-refractivity contribution in [1.29, 1.82) is 0 Å². The van der Waals surface area contributed by atoms with Gasteiger partial charge in [0, 0.05) is 23.1 Å². The molecule has 4 heteroatoms. The highest BCUT2D eigenvalue weighted by Gasteiger charge is 2.25. The molecule has 0 saturated heterocycles. The molecule has 2 N–H and O–H groups in total. The second-order valence-electron chi connectivity index (χ2n) is 8.79. The van der Waals surface area contributed by atoms with Crippen LogP contribution >= 0.6 is 0 Å². The molecule has 1 aliphatic heterocycles. The molecule has 2 heterocycles. The van der Waals surface area contributed by atoms with E-state index in [0.29, 0.717) is 12.2 Å². The lowest BCUT2D eigenvalue weighted by molar-refractivity contribution is 0.0549. The predicted molar refractivity (Wildman–Crippen MR) is 131 cm³/mol. The smallest absolute Gasteiger partial charge is 0.338 e. The lowest BCUT2D eigenvalue weighted by Crippen LogP contribution is -2.30. The number of carbonyl (C=O) groups excluding carboxylic acids is 1. The molecule has 0 amide bonds. The first-order valence-corrected chi connectivity index (χ1v) is 11.4. The van der Waals surface area contributed by atoms with Crippen molar-refractivity contribution in [1.82, 2.24) is 10.3 Å². The van der Waals surface area contributed by atoms with Gasteiger partial charge in [0.05, 0.1) is 11.6 Å². The van der Waals surface area contributed by atoms with Crippen molar-refractivity contribution in [3.63, 3.8) is 0 Å². The van der Waals surface area contributed by atoms with Gasteiger partial charge in [-0.3, -0.25) is 0 Å². The fourth-order valence-corrected chi connectivity index (χ4v) is 4.31. The minimum absolute atomic E-state index is 0.0996. The number of aromatic amines is 1. The van der Waals surface area contributed by atoms with Crippen LogP contribution in [0.2, 0.25) is 0 Å². The summed E-state index contributed by atoms with van der Waals surface area (Å²) >= 11 is 0. The number of carbonyl (C=O) groups is 1. The van der Waals surface area contributed by atoms with Gasteiger partial charge >= 0.3 is 5.97 Å². The Morgan fingerprint density at radius 1 is 1.06 bits per heavy atom. The first-order chi connectivity index (χ1) is 15.5. The van der Waals surface area contributed by atoms with Crippen LogP contribution in [-0.4, -0.2) is 24.1 Å². The Bertz CT molecular complexity index is 1150. The van der Waals surface area contributed by atoms with Crippen molar-refractivity contribution < 1.29 is 9.53 Å². The largest absolute Gasteiger partial charge is 0.458 e. The van der Waals surface area contributed by atoms with Crippen molar-refractivity contribution in [3.05, 3.63) is 94.2 Å². The maximum absolute atomic E-state index is 12.5. The van der Waals surface area contributed by atoms with E-state index in [1.54, 1.807) is 0 Å². The van der Waals surface area contributed by atoms with E-state index < -0.39 is 0 Å². The molecule has 0 aliphatic carbocycles. The molecule has 0 spiro atoms. The average molecular weight is 429 g/mol. The Morgan fingerprint density at radius 2 is 1.84 bits per heavy atom. The Hall–Kier alpha value is -3.11. The van der Waals surface area contributed by atoms with Crippen LogP contribution < -0.4 is 5.32 Å². The number of para-hydroxylation sites is 1. The highest BCUT2D eigenvalue weighted by Crippen LogP contribution is 2.33. The number of fused-ring (bicyclic) bond motifs is 3. The molecule has 3 aromatic rings. The summed E-state index contributed by atoms with van der Waals surface area (Å²) in [7, 11) is 0. The number of H-pyrrole nitrogens is 1. The molecule has 4 rings (SSSR count). The minimum Gasteiger partial charge on any atom is -0.458 e. The van der Waals surface area contributed by atoms with Gasteiger partial charge in [0.25, 0.3) is 0 Å². The van der Waals surface area contributed by atoms with Gasteiger partial charge in [-0.2, -0.15) is 0 Å². The summed E-state index contributed by atoms with van der Waals surface area (Å²) in [5.74, 6) is -0.284. The summed E-state index contributed by atoms with van der Waals surface area (Å²) in [6.07, 6.45) is 7.25. The third-order valence-corrected chi connectivity index (χ3v) is 6.08. The minimum atomic E-state index is -0.284. The molecule has 0 fully saturated rings. The number of aromatic nitrogens is 1. The predicted octanol–water partition coefficient (Wildman–Crippen LogP) is 6.25. The maximum atomic E-state index is 12.5. The second kappa shape index (κ2) is 10.0. The molecule has 1 aliphatic rings. The van der Waals surface area contributed by atoms with Gasteiger partial charge < -0.3 is 15.0 Å². The van der Waals surface area contributed by atoms with E-state index in [4.69, 9.17) is 4.74 Å². The third-order valence-electron chi connectivity index (χ3n) is 6.08. The molecule has 1 atom stereocenters. The monoisotopic (exact) mass is 428 g/mol. The van der Waals surface area contributed by atoms with Crippen molar-refractivity contribution in [2.24, 2.45) is 0 Å². The van der Waals surface area contributed by atoms with E-state index in [2.05, 4.69) is 61.4 Å². The summed E-state index contributed by atoms with van der Waals surface area (Å²) in [5, 5.41) is 4.92. The van der Waals surface area contributed by atoms with Crippen LogP contribution in [0.1, 0.15) is 66.8 Å². The first kappa shape index (κ1) is 22.1. The molecule has 0 saturated carbocycles. The van der Waals surface area contributed by atoms with Crippen LogP contribution in [0, 0.1) is 0 Å². The Morgan fingerprint density at radius 3 is 2.62 bits per heavy atom. The van der Waals surface area contributed by atoms with Gasteiger partial charge in [0.1, 0.15) is 6.61 Å². The molecular weight excluding hydrogens is 396 g/mol. The van der Waals surface area contributed by atoms with Gasteiger partial charge in [-0.15, -0.1) is 0 Å². The number of rotatable bonds is 7. The standard InChI is InChI=1S/C28H32N2O2/c1-19(2)7-6-8-20(3)16-18-32-28(31)22-13-11-21(12-14-22)26-27-24(15-17-29-26)23-9-4-5-10-25(23)30-27/h4-5,7,9-14,16,26,29-30H,6,8,15,17-18H2,1-3H3/b20-16-. The van der Waals surface area contributed by atoms with Gasteiger partial charge in [0.2, 0.25) is 0 Å². The SMILES string of the molecule is CC(C)=CCC/C(C)=C\COC(=O)c1ccc(C2NCCc3c2[nH]c2ccccc32)cc1.